The highest BCUT2D eigenvalue weighted by molar-refractivity contribution is 7.98. The van der Waals surface area contributed by atoms with Gasteiger partial charge < -0.3 is 11.1 Å². The van der Waals surface area contributed by atoms with Gasteiger partial charge in [0.2, 0.25) is 12.2 Å². The smallest absolute Gasteiger partial charge is 0.237 e. The molecule has 1 radical (unpaired) electrons. The molecule has 0 aliphatic rings. The molecule has 0 aromatic heterocycles. The number of nitrogens with two attached hydrogens (primary N) is 1. The monoisotopic (exact) mass is 189 g/mol. The molecule has 4 nitrogen and oxygen atoms in total. The van der Waals surface area contributed by atoms with E-state index in [-0.39, 0.29) is 12.5 Å². The molecule has 0 saturated carbocycles. The van der Waals surface area contributed by atoms with Crippen LogP contribution >= 0.6 is 11.8 Å². The van der Waals surface area contributed by atoms with E-state index in [1.54, 1.807) is 18.0 Å². The van der Waals surface area contributed by atoms with Crippen molar-refractivity contribution in [2.75, 3.05) is 18.6 Å². The fraction of sp³-hybridized carbons (Fsp3) is 0.714. The van der Waals surface area contributed by atoms with E-state index < -0.39 is 6.04 Å². The third-order valence-corrected chi connectivity index (χ3v) is 1.95. The number of nitrogens with one attached hydrogen (secondary N) is 1. The van der Waals surface area contributed by atoms with Gasteiger partial charge in [-0.1, -0.05) is 0 Å². The zero-order valence-corrected chi connectivity index (χ0v) is 7.82. The van der Waals surface area contributed by atoms with Crippen molar-refractivity contribution >= 4 is 24.0 Å². The van der Waals surface area contributed by atoms with Crippen molar-refractivity contribution in [3.8, 4) is 0 Å². The van der Waals surface area contributed by atoms with Crippen LogP contribution in [0.25, 0.3) is 0 Å². The number of amides is 1. The number of carbonyl (C=O) groups is 1. The number of hydrogen-bond acceptors (Lipinski definition) is 4. The molecule has 0 aliphatic carbocycles. The van der Waals surface area contributed by atoms with Gasteiger partial charge in [-0.2, -0.15) is 11.8 Å². The Labute approximate surface area is 76.3 Å². The van der Waals surface area contributed by atoms with E-state index in [1.165, 1.54) is 0 Å². The summed E-state index contributed by atoms with van der Waals surface area (Å²) in [4.78, 5) is 20.7. The van der Waals surface area contributed by atoms with Gasteiger partial charge >= 0.3 is 0 Å². The number of hydrogen-bond donors (Lipinski definition) is 2. The molecule has 0 heterocycles. The number of carbonyl (C=O) groups excluding carboxylic acids is 2. The third kappa shape index (κ3) is 5.15. The predicted octanol–water partition coefficient (Wildman–Crippen LogP) is -0.707. The quantitative estimate of drug-likeness (QED) is 0.579. The maximum absolute atomic E-state index is 11.0. The summed E-state index contributed by atoms with van der Waals surface area (Å²) in [6.07, 6.45) is 4.15. The predicted molar refractivity (Wildman–Crippen MR) is 49.7 cm³/mol. The lowest BCUT2D eigenvalue weighted by Gasteiger charge is -2.08. The van der Waals surface area contributed by atoms with Crippen LogP contribution in [0.3, 0.4) is 0 Å². The highest BCUT2D eigenvalue weighted by Gasteiger charge is 2.11. The van der Waals surface area contributed by atoms with Gasteiger partial charge in [0.05, 0.1) is 12.6 Å². The van der Waals surface area contributed by atoms with Crippen molar-refractivity contribution < 1.29 is 9.59 Å². The second-order valence-electron chi connectivity index (χ2n) is 2.25. The lowest BCUT2D eigenvalue weighted by atomic mass is 10.2. The van der Waals surface area contributed by atoms with Gasteiger partial charge in [-0.15, -0.1) is 0 Å². The highest BCUT2D eigenvalue weighted by Crippen LogP contribution is 1.98. The second-order valence-corrected chi connectivity index (χ2v) is 3.24. The van der Waals surface area contributed by atoms with Gasteiger partial charge in [0.15, 0.2) is 0 Å². The molecule has 0 bridgehead atoms. The van der Waals surface area contributed by atoms with E-state index in [4.69, 9.17) is 5.73 Å². The average Bonchev–Trinajstić information content (AvgIpc) is 2.10. The lowest BCUT2D eigenvalue weighted by molar-refractivity contribution is -0.122. The largest absolute Gasteiger partial charge is 0.347 e. The summed E-state index contributed by atoms with van der Waals surface area (Å²) in [7, 11) is 0. The zero-order valence-electron chi connectivity index (χ0n) is 7.00. The molecule has 0 rings (SSSR count). The fourth-order valence-corrected chi connectivity index (χ4v) is 1.12. The van der Waals surface area contributed by atoms with Crippen LogP contribution in [-0.2, 0) is 9.59 Å². The van der Waals surface area contributed by atoms with Crippen molar-refractivity contribution in [3.63, 3.8) is 0 Å². The molecule has 69 valence electrons. The van der Waals surface area contributed by atoms with Crippen LogP contribution in [0.4, 0.5) is 0 Å². The minimum atomic E-state index is -0.509. The SMILES string of the molecule is CSCC[C@@H](N)C(=O)NC[C]=O. The minimum Gasteiger partial charge on any atom is -0.347 e. The number of rotatable bonds is 6. The Bertz CT molecular complexity index is 152. The van der Waals surface area contributed by atoms with Crippen molar-refractivity contribution in [2.24, 2.45) is 5.73 Å². The van der Waals surface area contributed by atoms with Crippen LogP contribution in [0.5, 0.6) is 0 Å². The third-order valence-electron chi connectivity index (χ3n) is 1.30. The molecule has 0 aromatic rings. The summed E-state index contributed by atoms with van der Waals surface area (Å²) in [5, 5.41) is 2.34. The first kappa shape index (κ1) is 11.4. The molecule has 0 spiro atoms. The molecule has 1 amide bonds. The van der Waals surface area contributed by atoms with Crippen molar-refractivity contribution in [1.29, 1.82) is 0 Å². The minimum absolute atomic E-state index is 0.0776. The van der Waals surface area contributed by atoms with Crippen molar-refractivity contribution in [2.45, 2.75) is 12.5 Å². The summed E-state index contributed by atoms with van der Waals surface area (Å²) < 4.78 is 0. The molecule has 3 N–H and O–H groups in total. The van der Waals surface area contributed by atoms with Gasteiger partial charge in [-0.05, 0) is 18.4 Å². The van der Waals surface area contributed by atoms with Crippen LogP contribution in [-0.4, -0.2) is 36.8 Å². The molecule has 1 atom stereocenters. The van der Waals surface area contributed by atoms with E-state index in [1.807, 2.05) is 6.26 Å². The maximum Gasteiger partial charge on any atom is 0.237 e. The fourth-order valence-electron chi connectivity index (χ4n) is 0.630. The molecule has 0 aliphatic heterocycles. The molecule has 0 aromatic carbocycles. The highest BCUT2D eigenvalue weighted by atomic mass is 32.2. The summed E-state index contributed by atoms with van der Waals surface area (Å²) in [6.45, 7) is -0.0776. The van der Waals surface area contributed by atoms with Gasteiger partial charge in [0.1, 0.15) is 0 Å². The molecule has 0 saturated heterocycles. The van der Waals surface area contributed by atoms with Crippen LogP contribution in [0.2, 0.25) is 0 Å². The van der Waals surface area contributed by atoms with E-state index >= 15 is 0 Å². The lowest BCUT2D eigenvalue weighted by Crippen LogP contribution is -2.41. The van der Waals surface area contributed by atoms with Crippen LogP contribution in [0.1, 0.15) is 6.42 Å². The summed E-state index contributed by atoms with van der Waals surface area (Å²) in [6, 6.07) is -0.509. The van der Waals surface area contributed by atoms with Gasteiger partial charge in [0, 0.05) is 0 Å². The zero-order chi connectivity index (χ0) is 9.40. The van der Waals surface area contributed by atoms with Crippen molar-refractivity contribution in [1.82, 2.24) is 5.32 Å². The Morgan fingerprint density at radius 2 is 2.42 bits per heavy atom. The Morgan fingerprint density at radius 3 is 2.92 bits per heavy atom. The summed E-state index contributed by atoms with van der Waals surface area (Å²) >= 11 is 1.63. The molecule has 12 heavy (non-hydrogen) atoms. The first-order chi connectivity index (χ1) is 5.72. The average molecular weight is 189 g/mol. The Morgan fingerprint density at radius 1 is 1.75 bits per heavy atom. The van der Waals surface area contributed by atoms with Crippen molar-refractivity contribution in [3.05, 3.63) is 0 Å². The second kappa shape index (κ2) is 7.12. The first-order valence-electron chi connectivity index (χ1n) is 3.59. The Kier molecular flexibility index (Phi) is 6.79. The Hall–Kier alpha value is -0.550. The van der Waals surface area contributed by atoms with E-state index in [0.29, 0.717) is 6.42 Å². The molecular weight excluding hydrogens is 176 g/mol. The topological polar surface area (TPSA) is 72.2 Å². The van der Waals surface area contributed by atoms with E-state index in [0.717, 1.165) is 5.75 Å². The van der Waals surface area contributed by atoms with Crippen LogP contribution in [0.15, 0.2) is 0 Å². The maximum atomic E-state index is 11.0. The van der Waals surface area contributed by atoms with Crippen LogP contribution < -0.4 is 11.1 Å². The molecule has 0 unspecified atom stereocenters. The Balaban J connectivity index is 3.53. The van der Waals surface area contributed by atoms with E-state index in [9.17, 15) is 9.59 Å². The summed E-state index contributed by atoms with van der Waals surface area (Å²) in [5.74, 6) is 0.562. The molecule has 0 fully saturated rings. The van der Waals surface area contributed by atoms with Crippen LogP contribution in [0, 0.1) is 0 Å². The van der Waals surface area contributed by atoms with Gasteiger partial charge in [0.25, 0.3) is 0 Å². The van der Waals surface area contributed by atoms with Gasteiger partial charge in [-0.3, -0.25) is 9.59 Å². The van der Waals surface area contributed by atoms with E-state index in [2.05, 4.69) is 5.32 Å². The standard InChI is InChI=1S/C7H13N2O2S/c1-12-5-2-6(8)7(11)9-3-4-10/h6H,2-3,5,8H2,1H3,(H,9,11)/t6-/m1/s1. The first-order valence-corrected chi connectivity index (χ1v) is 4.99. The normalized spacial score (nSPS) is 12.2. The summed E-state index contributed by atoms with van der Waals surface area (Å²) in [5.41, 5.74) is 5.49. The molecular formula is C7H13N2O2S. The number of thioether (sulfide) groups is 1. The van der Waals surface area contributed by atoms with Gasteiger partial charge in [-0.25, -0.2) is 0 Å². The molecule has 5 heteroatoms.